The lowest BCUT2D eigenvalue weighted by Gasteiger charge is -2.41. The van der Waals surface area contributed by atoms with E-state index in [1.807, 2.05) is 18.2 Å². The molecule has 0 aliphatic carbocycles. The summed E-state index contributed by atoms with van der Waals surface area (Å²) in [4.78, 5) is 14.2. The van der Waals surface area contributed by atoms with Gasteiger partial charge in [-0.05, 0) is 5.56 Å². The number of carbonyl (C=O) groups is 1. The monoisotopic (exact) mass is 436 g/mol. The molecule has 5 N–H and O–H groups in total. The molecule has 0 spiro atoms. The molecule has 2 saturated heterocycles. The largest absolute Gasteiger partial charge is 0.381 e. The molecule has 2 fully saturated rings. The normalized spacial score (nSPS) is 20.4. The quantitative estimate of drug-likeness (QED) is 0.548. The van der Waals surface area contributed by atoms with Crippen LogP contribution in [0.4, 0.5) is 0 Å². The summed E-state index contributed by atoms with van der Waals surface area (Å²) in [6, 6.07) is 10.1. The van der Waals surface area contributed by atoms with Crippen LogP contribution in [0.2, 0.25) is 0 Å². The molecule has 0 unspecified atom stereocenters. The van der Waals surface area contributed by atoms with Gasteiger partial charge >= 0.3 is 0 Å². The Morgan fingerprint density at radius 2 is 1.61 bits per heavy atom. The molecule has 3 rings (SSSR count). The van der Waals surface area contributed by atoms with Crippen LogP contribution in [0.5, 0.6) is 0 Å². The number of piperazine rings is 1. The van der Waals surface area contributed by atoms with Crippen LogP contribution in [-0.2, 0) is 26.1 Å². The zero-order valence-corrected chi connectivity index (χ0v) is 17.3. The molecule has 0 aromatic heterocycles. The van der Waals surface area contributed by atoms with Crippen molar-refractivity contribution in [1.29, 1.82) is 0 Å². The van der Waals surface area contributed by atoms with Crippen molar-refractivity contribution >= 4 is 28.3 Å². The molecule has 0 saturated carbocycles. The third kappa shape index (κ3) is 5.20. The van der Waals surface area contributed by atoms with E-state index < -0.39 is 20.7 Å². The summed E-state index contributed by atoms with van der Waals surface area (Å²) in [5.74, 6) is 2.74. The lowest BCUT2D eigenvalue weighted by Crippen LogP contribution is -2.61. The standard InChI is InChI=1S/C17H25N3O4S.ClH.H3NO/c18-16(21)17(6-12-24-13-7-17)25(22,23)20-10-8-19(9-11-20)14-15-4-2-1-3-5-15;;1-2/h1-5H,6-14H2,(H2,18,21);1H;2H,1H2. The Bertz CT molecular complexity index is 706. The Labute approximate surface area is 172 Å². The smallest absolute Gasteiger partial charge is 0.240 e. The van der Waals surface area contributed by atoms with Crippen LogP contribution < -0.4 is 11.6 Å². The molecule has 1 aromatic rings. The molecule has 2 heterocycles. The van der Waals surface area contributed by atoms with E-state index in [4.69, 9.17) is 15.7 Å². The first kappa shape index (κ1) is 24.8. The molecule has 11 heteroatoms. The van der Waals surface area contributed by atoms with E-state index in [9.17, 15) is 13.2 Å². The number of nitrogens with zero attached hydrogens (tertiary/aromatic N) is 2. The summed E-state index contributed by atoms with van der Waals surface area (Å²) < 4.78 is 31.4. The van der Waals surface area contributed by atoms with Gasteiger partial charge in [0.25, 0.3) is 0 Å². The summed E-state index contributed by atoms with van der Waals surface area (Å²) in [5, 5.41) is 6.50. The predicted molar refractivity (Wildman–Crippen MR) is 107 cm³/mol. The Kier molecular flexibility index (Phi) is 9.78. The Morgan fingerprint density at radius 1 is 1.07 bits per heavy atom. The maximum atomic E-state index is 13.1. The highest BCUT2D eigenvalue weighted by molar-refractivity contribution is 7.91. The Morgan fingerprint density at radius 3 is 2.11 bits per heavy atom. The molecule has 28 heavy (non-hydrogen) atoms. The van der Waals surface area contributed by atoms with Crippen molar-refractivity contribution in [3.8, 4) is 0 Å². The minimum absolute atomic E-state index is 0. The molecule has 9 nitrogen and oxygen atoms in total. The molecule has 0 radical (unpaired) electrons. The third-order valence-corrected chi connectivity index (χ3v) is 7.81. The minimum atomic E-state index is -3.79. The van der Waals surface area contributed by atoms with Crippen molar-refractivity contribution in [3.63, 3.8) is 0 Å². The zero-order chi connectivity index (χ0) is 19.9. The lowest BCUT2D eigenvalue weighted by atomic mass is 9.98. The first-order valence-electron chi connectivity index (χ1n) is 8.85. The Hall–Kier alpha value is -1.27. The van der Waals surface area contributed by atoms with Crippen LogP contribution in [0.1, 0.15) is 18.4 Å². The average molecular weight is 437 g/mol. The van der Waals surface area contributed by atoms with Gasteiger partial charge in [0.2, 0.25) is 15.9 Å². The van der Waals surface area contributed by atoms with Crippen LogP contribution in [0.15, 0.2) is 30.3 Å². The number of amides is 1. The van der Waals surface area contributed by atoms with Crippen molar-refractivity contribution < 1.29 is 23.2 Å². The molecule has 1 amide bonds. The second-order valence-corrected chi connectivity index (χ2v) is 8.88. The predicted octanol–water partition coefficient (Wildman–Crippen LogP) is -0.0754. The number of hydrogen-bond donors (Lipinski definition) is 3. The van der Waals surface area contributed by atoms with E-state index in [1.54, 1.807) is 0 Å². The number of nitrogens with two attached hydrogens (primary N) is 2. The van der Waals surface area contributed by atoms with E-state index in [0.29, 0.717) is 26.2 Å². The number of primary amides is 1. The summed E-state index contributed by atoms with van der Waals surface area (Å²) in [6.45, 7) is 3.32. The van der Waals surface area contributed by atoms with Gasteiger partial charge in [-0.15, -0.1) is 12.4 Å². The summed E-state index contributed by atoms with van der Waals surface area (Å²) >= 11 is 0. The molecule has 2 aliphatic heterocycles. The number of rotatable bonds is 5. The highest BCUT2D eigenvalue weighted by atomic mass is 35.5. The van der Waals surface area contributed by atoms with Crippen molar-refractivity contribution in [2.75, 3.05) is 39.4 Å². The van der Waals surface area contributed by atoms with Crippen LogP contribution in [0, 0.1) is 0 Å². The molecule has 2 aliphatic rings. The van der Waals surface area contributed by atoms with Crippen molar-refractivity contribution in [1.82, 2.24) is 9.21 Å². The van der Waals surface area contributed by atoms with Gasteiger partial charge in [0.05, 0.1) is 0 Å². The Balaban J connectivity index is 0.00000127. The number of halogens is 1. The van der Waals surface area contributed by atoms with Gasteiger partial charge in [0, 0.05) is 58.8 Å². The van der Waals surface area contributed by atoms with E-state index in [1.165, 1.54) is 9.87 Å². The van der Waals surface area contributed by atoms with E-state index in [-0.39, 0.29) is 38.5 Å². The maximum Gasteiger partial charge on any atom is 0.240 e. The molecule has 0 bridgehead atoms. The number of carbonyl (C=O) groups excluding carboxylic acids is 1. The fourth-order valence-corrected chi connectivity index (χ4v) is 5.62. The lowest BCUT2D eigenvalue weighted by molar-refractivity contribution is -0.123. The first-order valence-corrected chi connectivity index (χ1v) is 10.3. The van der Waals surface area contributed by atoms with Crippen molar-refractivity contribution in [3.05, 3.63) is 35.9 Å². The molecule has 160 valence electrons. The zero-order valence-electron chi connectivity index (χ0n) is 15.7. The topological polar surface area (TPSA) is 139 Å². The van der Waals surface area contributed by atoms with E-state index in [2.05, 4.69) is 22.9 Å². The first-order chi connectivity index (χ1) is 13.0. The van der Waals surface area contributed by atoms with E-state index in [0.717, 1.165) is 6.54 Å². The maximum absolute atomic E-state index is 13.1. The molecular weight excluding hydrogens is 408 g/mol. The van der Waals surface area contributed by atoms with Crippen LogP contribution >= 0.6 is 12.4 Å². The fraction of sp³-hybridized carbons (Fsp3) is 0.588. The highest BCUT2D eigenvalue weighted by Gasteiger charge is 2.53. The van der Waals surface area contributed by atoms with Gasteiger partial charge in [0.1, 0.15) is 0 Å². The van der Waals surface area contributed by atoms with Crippen molar-refractivity contribution in [2.45, 2.75) is 24.1 Å². The number of sulfonamides is 1. The van der Waals surface area contributed by atoms with Gasteiger partial charge < -0.3 is 15.7 Å². The van der Waals surface area contributed by atoms with Crippen molar-refractivity contribution in [2.24, 2.45) is 11.6 Å². The van der Waals surface area contributed by atoms with Gasteiger partial charge in [-0.25, -0.2) is 14.3 Å². The summed E-state index contributed by atoms with van der Waals surface area (Å²) in [5.41, 5.74) is 6.72. The second kappa shape index (κ2) is 11.1. The second-order valence-electron chi connectivity index (χ2n) is 6.64. The number of hydrogen-bond acceptors (Lipinski definition) is 7. The van der Waals surface area contributed by atoms with E-state index >= 15 is 0 Å². The summed E-state index contributed by atoms with van der Waals surface area (Å²) in [6.07, 6.45) is 0.268. The van der Waals surface area contributed by atoms with Gasteiger partial charge in [-0.3, -0.25) is 9.69 Å². The van der Waals surface area contributed by atoms with Crippen LogP contribution in [0.25, 0.3) is 0 Å². The van der Waals surface area contributed by atoms with Gasteiger partial charge in [0.15, 0.2) is 4.75 Å². The number of ether oxygens (including phenoxy) is 1. The van der Waals surface area contributed by atoms with Crippen LogP contribution in [-0.4, -0.2) is 72.9 Å². The SMILES string of the molecule is Cl.NC(=O)C1(S(=O)(=O)N2CCN(Cc3ccccc3)CC2)CCOCC1.NO. The van der Waals surface area contributed by atoms with Gasteiger partial charge in [-0.2, -0.15) is 4.31 Å². The van der Waals surface area contributed by atoms with Crippen LogP contribution in [0.3, 0.4) is 0 Å². The molecule has 0 atom stereocenters. The molecule has 1 aromatic carbocycles. The van der Waals surface area contributed by atoms with Gasteiger partial charge in [-0.1, -0.05) is 30.3 Å². The minimum Gasteiger partial charge on any atom is -0.381 e. The summed E-state index contributed by atoms with van der Waals surface area (Å²) in [7, 11) is -3.79. The molecular formula is C17H29ClN4O5S. The highest BCUT2D eigenvalue weighted by Crippen LogP contribution is 2.33. The number of benzene rings is 1. The third-order valence-electron chi connectivity index (χ3n) is 5.16. The fourth-order valence-electron chi connectivity index (χ4n) is 3.55. The average Bonchev–Trinajstić information content (AvgIpc) is 2.71.